The molecule has 34 heavy (non-hydrogen) atoms. The first-order valence-corrected chi connectivity index (χ1v) is 11.6. The van der Waals surface area contributed by atoms with Crippen molar-refractivity contribution in [3.05, 3.63) is 59.4 Å². The third kappa shape index (κ3) is 4.44. The van der Waals surface area contributed by atoms with Crippen LogP contribution in [0.4, 0.5) is 13.6 Å². The number of nitrogens with one attached hydrogen (secondary N) is 3. The van der Waals surface area contributed by atoms with Crippen LogP contribution in [-0.2, 0) is 6.42 Å². The molecule has 2 bridgehead atoms. The molecule has 1 aromatic heterocycles. The maximum atomic E-state index is 14.3. The number of aromatic amines is 1. The van der Waals surface area contributed by atoms with Gasteiger partial charge in [0, 0.05) is 12.0 Å². The fourth-order valence-corrected chi connectivity index (χ4v) is 5.24. The first-order valence-electron chi connectivity index (χ1n) is 11.6. The van der Waals surface area contributed by atoms with E-state index in [0.717, 1.165) is 19.3 Å². The van der Waals surface area contributed by atoms with Crippen molar-refractivity contribution in [1.29, 1.82) is 0 Å². The molecule has 1 unspecified atom stereocenters. The van der Waals surface area contributed by atoms with Crippen molar-refractivity contribution in [2.24, 2.45) is 0 Å². The Labute approximate surface area is 195 Å². The topological polar surface area (TPSA) is 99.3 Å². The van der Waals surface area contributed by atoms with E-state index in [9.17, 15) is 18.7 Å². The number of amides is 2. The fourth-order valence-electron chi connectivity index (χ4n) is 5.24. The number of ether oxygens (including phenoxy) is 1. The molecular weight excluding hydrogens is 442 g/mol. The maximum Gasteiger partial charge on any atom is 0.315 e. The predicted molar refractivity (Wildman–Crippen MR) is 122 cm³/mol. The van der Waals surface area contributed by atoms with Gasteiger partial charge in [-0.1, -0.05) is 6.07 Å². The lowest BCUT2D eigenvalue weighted by molar-refractivity contribution is -0.0694. The molecule has 3 saturated carbocycles. The van der Waals surface area contributed by atoms with Crippen LogP contribution in [0.2, 0.25) is 0 Å². The first-order chi connectivity index (χ1) is 16.3. The van der Waals surface area contributed by atoms with Crippen LogP contribution < -0.4 is 15.4 Å². The monoisotopic (exact) mass is 470 g/mol. The Morgan fingerprint density at radius 3 is 2.56 bits per heavy atom. The summed E-state index contributed by atoms with van der Waals surface area (Å²) in [6.07, 6.45) is 4.49. The number of hydrogen-bond donors (Lipinski definition) is 4. The minimum atomic E-state index is -0.608. The Bertz CT molecular complexity index is 1200. The second-order valence-electron chi connectivity index (χ2n) is 9.61. The molecule has 1 heterocycles. The van der Waals surface area contributed by atoms with Crippen LogP contribution in [0.25, 0.3) is 11.0 Å². The lowest BCUT2D eigenvalue weighted by Gasteiger charge is -2.51. The number of imidazole rings is 1. The predicted octanol–water partition coefficient (Wildman–Crippen LogP) is 4.27. The van der Waals surface area contributed by atoms with E-state index in [4.69, 9.17) is 4.74 Å². The van der Waals surface area contributed by atoms with E-state index in [1.54, 1.807) is 18.2 Å². The van der Waals surface area contributed by atoms with Gasteiger partial charge in [0.15, 0.2) is 11.6 Å². The zero-order valence-electron chi connectivity index (χ0n) is 19.0. The molecule has 0 radical (unpaired) electrons. The van der Waals surface area contributed by atoms with Crippen LogP contribution in [-0.4, -0.2) is 39.4 Å². The quantitative estimate of drug-likeness (QED) is 0.432. The van der Waals surface area contributed by atoms with Crippen LogP contribution in [0.5, 0.6) is 5.75 Å². The van der Waals surface area contributed by atoms with E-state index in [-0.39, 0.29) is 23.7 Å². The van der Waals surface area contributed by atoms with Crippen LogP contribution in [0.3, 0.4) is 0 Å². The summed E-state index contributed by atoms with van der Waals surface area (Å²) in [5.74, 6) is -0.300. The van der Waals surface area contributed by atoms with Gasteiger partial charge in [-0.15, -0.1) is 0 Å². The van der Waals surface area contributed by atoms with Gasteiger partial charge in [0.05, 0.1) is 29.8 Å². The van der Waals surface area contributed by atoms with Gasteiger partial charge < -0.3 is 25.5 Å². The highest BCUT2D eigenvalue weighted by atomic mass is 19.1. The molecule has 2 amide bonds. The molecule has 7 nitrogen and oxygen atoms in total. The molecule has 4 N–H and O–H groups in total. The molecule has 2 aromatic carbocycles. The van der Waals surface area contributed by atoms with E-state index in [1.807, 2.05) is 0 Å². The van der Waals surface area contributed by atoms with Crippen LogP contribution in [0.15, 0.2) is 36.4 Å². The molecule has 0 aliphatic heterocycles. The SMILES string of the molecule is COc1ccc(CC(NC(=O)NC23CCC(O)(CC2)CC3)c2nc3ccc(F)cc3[nH]2)cc1F. The highest BCUT2D eigenvalue weighted by Gasteiger charge is 2.48. The zero-order chi connectivity index (χ0) is 23.9. The third-order valence-electron chi connectivity index (χ3n) is 7.34. The molecule has 0 saturated heterocycles. The lowest BCUT2D eigenvalue weighted by Crippen LogP contribution is -2.60. The highest BCUT2D eigenvalue weighted by molar-refractivity contribution is 5.77. The summed E-state index contributed by atoms with van der Waals surface area (Å²) in [6, 6.07) is 7.93. The van der Waals surface area contributed by atoms with Crippen molar-refractivity contribution in [2.45, 2.75) is 62.1 Å². The van der Waals surface area contributed by atoms with Gasteiger partial charge in [-0.2, -0.15) is 0 Å². The van der Waals surface area contributed by atoms with Crippen molar-refractivity contribution in [2.75, 3.05) is 7.11 Å². The lowest BCUT2D eigenvalue weighted by atomic mass is 9.63. The number of nitrogens with zero attached hydrogens (tertiary/aromatic N) is 1. The number of rotatable bonds is 6. The fraction of sp³-hybridized carbons (Fsp3) is 0.440. The van der Waals surface area contributed by atoms with Crippen molar-refractivity contribution < 1.29 is 23.4 Å². The number of aromatic nitrogens is 2. The van der Waals surface area contributed by atoms with Gasteiger partial charge in [0.2, 0.25) is 0 Å². The Morgan fingerprint density at radius 2 is 1.88 bits per heavy atom. The Kier molecular flexibility index (Phi) is 5.67. The van der Waals surface area contributed by atoms with Crippen molar-refractivity contribution in [1.82, 2.24) is 20.6 Å². The summed E-state index contributed by atoms with van der Waals surface area (Å²) >= 11 is 0. The van der Waals surface area contributed by atoms with E-state index in [0.29, 0.717) is 41.7 Å². The molecule has 3 aliphatic carbocycles. The molecule has 3 aliphatic rings. The molecule has 3 fully saturated rings. The summed E-state index contributed by atoms with van der Waals surface area (Å²) in [5.41, 5.74) is 0.809. The molecule has 3 aromatic rings. The molecule has 0 spiro atoms. The number of carbonyl (C=O) groups is 1. The number of fused-ring (bicyclic) bond motifs is 4. The van der Waals surface area contributed by atoms with E-state index in [2.05, 4.69) is 20.6 Å². The summed E-state index contributed by atoms with van der Waals surface area (Å²) < 4.78 is 33.0. The second kappa shape index (κ2) is 8.54. The Hall–Kier alpha value is -3.20. The first kappa shape index (κ1) is 22.6. The van der Waals surface area contributed by atoms with Crippen LogP contribution in [0.1, 0.15) is 56.0 Å². The molecule has 9 heteroatoms. The summed E-state index contributed by atoms with van der Waals surface area (Å²) in [6.45, 7) is 0. The Balaban J connectivity index is 1.39. The summed E-state index contributed by atoms with van der Waals surface area (Å²) in [4.78, 5) is 20.7. The number of hydrogen-bond acceptors (Lipinski definition) is 4. The van der Waals surface area contributed by atoms with Gasteiger partial charge in [-0.3, -0.25) is 0 Å². The third-order valence-corrected chi connectivity index (χ3v) is 7.34. The van der Waals surface area contributed by atoms with Crippen molar-refractivity contribution >= 4 is 17.1 Å². The minimum absolute atomic E-state index is 0.138. The number of urea groups is 1. The second-order valence-corrected chi connectivity index (χ2v) is 9.61. The summed E-state index contributed by atoms with van der Waals surface area (Å²) in [7, 11) is 1.40. The highest BCUT2D eigenvalue weighted by Crippen LogP contribution is 2.46. The van der Waals surface area contributed by atoms with E-state index < -0.39 is 23.3 Å². The normalized spacial score (nSPS) is 24.7. The van der Waals surface area contributed by atoms with E-state index >= 15 is 0 Å². The molecule has 6 rings (SSSR count). The summed E-state index contributed by atoms with van der Waals surface area (Å²) in [5, 5.41) is 16.6. The zero-order valence-corrected chi connectivity index (χ0v) is 19.0. The number of aliphatic hydroxyl groups is 1. The minimum Gasteiger partial charge on any atom is -0.494 e. The van der Waals surface area contributed by atoms with Crippen molar-refractivity contribution in [3.8, 4) is 5.75 Å². The van der Waals surface area contributed by atoms with E-state index in [1.165, 1.54) is 25.3 Å². The molecule has 180 valence electrons. The number of benzene rings is 2. The smallest absolute Gasteiger partial charge is 0.315 e. The number of halogens is 2. The molecule has 1 atom stereocenters. The number of carbonyl (C=O) groups excluding carboxylic acids is 1. The van der Waals surface area contributed by atoms with Gasteiger partial charge in [0.1, 0.15) is 11.6 Å². The average molecular weight is 471 g/mol. The number of methoxy groups -OCH3 is 1. The number of H-pyrrole nitrogens is 1. The van der Waals surface area contributed by atoms with Gasteiger partial charge in [-0.05, 0) is 74.4 Å². The van der Waals surface area contributed by atoms with Gasteiger partial charge in [-0.25, -0.2) is 18.6 Å². The van der Waals surface area contributed by atoms with Crippen LogP contribution in [0, 0.1) is 11.6 Å². The largest absolute Gasteiger partial charge is 0.494 e. The van der Waals surface area contributed by atoms with Gasteiger partial charge >= 0.3 is 6.03 Å². The average Bonchev–Trinajstić information content (AvgIpc) is 3.23. The maximum absolute atomic E-state index is 14.3. The standard InChI is InChI=1S/C25H28F2N4O3/c1-34-21-5-2-15(12-17(21)27)13-20(22-28-18-4-3-16(26)14-19(18)29-22)30-23(32)31-24-6-9-25(33,10-7-24)11-8-24/h2-5,12,14,20,33H,6-11,13H2,1H3,(H,28,29)(H2,30,31,32). The van der Waals surface area contributed by atoms with Crippen LogP contribution >= 0.6 is 0 Å². The molecular formula is C25H28F2N4O3. The Morgan fingerprint density at radius 1 is 1.15 bits per heavy atom. The van der Waals surface area contributed by atoms with Crippen molar-refractivity contribution in [3.63, 3.8) is 0 Å². The van der Waals surface area contributed by atoms with Gasteiger partial charge in [0.25, 0.3) is 0 Å².